The first-order valence-electron chi connectivity index (χ1n) is 10.0. The van der Waals surface area contributed by atoms with Crippen LogP contribution >= 0.6 is 0 Å². The summed E-state index contributed by atoms with van der Waals surface area (Å²) >= 11 is 0. The topological polar surface area (TPSA) is 65.4 Å². The van der Waals surface area contributed by atoms with Crippen LogP contribution in [-0.2, 0) is 11.3 Å². The maximum atomic E-state index is 12.8. The van der Waals surface area contributed by atoms with Crippen molar-refractivity contribution >= 4 is 11.6 Å². The van der Waals surface area contributed by atoms with Crippen LogP contribution in [-0.4, -0.2) is 13.0 Å². The first-order chi connectivity index (χ1) is 15.1. The van der Waals surface area contributed by atoms with Gasteiger partial charge in [0.15, 0.2) is 0 Å². The molecule has 156 valence electrons. The van der Waals surface area contributed by atoms with Gasteiger partial charge < -0.3 is 15.0 Å². The SMILES string of the molecule is COc1ccc(C(C)NC(=O)/C(C#N)=C\N(Cc2ccccc2)c2ccccc2)cc1. The molecule has 5 heteroatoms. The average Bonchev–Trinajstić information content (AvgIpc) is 2.82. The van der Waals surface area contributed by atoms with Crippen LogP contribution in [0.2, 0.25) is 0 Å². The van der Waals surface area contributed by atoms with Crippen molar-refractivity contribution in [3.05, 3.63) is 108 Å². The molecule has 0 radical (unpaired) electrons. The molecule has 0 aliphatic carbocycles. The van der Waals surface area contributed by atoms with Crippen molar-refractivity contribution in [2.75, 3.05) is 12.0 Å². The van der Waals surface area contributed by atoms with Crippen LogP contribution in [0.5, 0.6) is 5.75 Å². The van der Waals surface area contributed by atoms with Gasteiger partial charge in [-0.05, 0) is 42.3 Å². The molecule has 3 aromatic carbocycles. The van der Waals surface area contributed by atoms with Gasteiger partial charge in [0, 0.05) is 18.4 Å². The number of methoxy groups -OCH3 is 1. The molecule has 1 atom stereocenters. The summed E-state index contributed by atoms with van der Waals surface area (Å²) in [4.78, 5) is 14.8. The Hall–Kier alpha value is -4.04. The number of para-hydroxylation sites is 1. The Morgan fingerprint density at radius 2 is 1.65 bits per heavy atom. The first kappa shape index (κ1) is 21.7. The van der Waals surface area contributed by atoms with Gasteiger partial charge in [0.25, 0.3) is 5.91 Å². The Morgan fingerprint density at radius 1 is 1.03 bits per heavy atom. The molecule has 0 saturated carbocycles. The predicted molar refractivity (Wildman–Crippen MR) is 122 cm³/mol. The number of ether oxygens (including phenoxy) is 1. The number of hydrogen-bond donors (Lipinski definition) is 1. The Morgan fingerprint density at radius 3 is 2.23 bits per heavy atom. The number of nitrogens with one attached hydrogen (secondary N) is 1. The maximum Gasteiger partial charge on any atom is 0.263 e. The number of nitriles is 1. The Kier molecular flexibility index (Phi) is 7.45. The maximum absolute atomic E-state index is 12.8. The van der Waals surface area contributed by atoms with Gasteiger partial charge in [-0.2, -0.15) is 5.26 Å². The molecule has 1 unspecified atom stereocenters. The predicted octanol–water partition coefficient (Wildman–Crippen LogP) is 4.99. The number of nitrogens with zero attached hydrogens (tertiary/aromatic N) is 2. The second-order valence-corrected chi connectivity index (χ2v) is 7.07. The van der Waals surface area contributed by atoms with Crippen molar-refractivity contribution in [2.24, 2.45) is 0 Å². The molecule has 5 nitrogen and oxygen atoms in total. The van der Waals surface area contributed by atoms with Crippen molar-refractivity contribution in [2.45, 2.75) is 19.5 Å². The van der Waals surface area contributed by atoms with Gasteiger partial charge in [0.05, 0.1) is 13.2 Å². The molecule has 3 rings (SSSR count). The fourth-order valence-electron chi connectivity index (χ4n) is 3.16. The largest absolute Gasteiger partial charge is 0.497 e. The highest BCUT2D eigenvalue weighted by atomic mass is 16.5. The molecule has 0 aromatic heterocycles. The molecule has 0 heterocycles. The number of carbonyl (C=O) groups excluding carboxylic acids is 1. The van der Waals surface area contributed by atoms with Crippen molar-refractivity contribution in [1.82, 2.24) is 5.32 Å². The van der Waals surface area contributed by atoms with Gasteiger partial charge in [0.1, 0.15) is 17.4 Å². The summed E-state index contributed by atoms with van der Waals surface area (Å²) < 4.78 is 5.18. The zero-order chi connectivity index (χ0) is 22.1. The summed E-state index contributed by atoms with van der Waals surface area (Å²) in [7, 11) is 1.61. The molecule has 1 amide bonds. The van der Waals surface area contributed by atoms with E-state index in [-0.39, 0.29) is 11.6 Å². The van der Waals surface area contributed by atoms with Gasteiger partial charge in [-0.15, -0.1) is 0 Å². The fraction of sp³-hybridized carbons (Fsp3) is 0.154. The quantitative estimate of drug-likeness (QED) is 0.419. The van der Waals surface area contributed by atoms with Crippen LogP contribution in [0.3, 0.4) is 0 Å². The van der Waals surface area contributed by atoms with Crippen molar-refractivity contribution in [1.29, 1.82) is 5.26 Å². The molecule has 0 aliphatic rings. The summed E-state index contributed by atoms with van der Waals surface area (Å²) in [6.07, 6.45) is 1.61. The number of amides is 1. The van der Waals surface area contributed by atoms with E-state index in [0.717, 1.165) is 22.6 Å². The van der Waals surface area contributed by atoms with Crippen molar-refractivity contribution in [3.63, 3.8) is 0 Å². The second-order valence-electron chi connectivity index (χ2n) is 7.07. The smallest absolute Gasteiger partial charge is 0.263 e. The van der Waals surface area contributed by atoms with Crippen LogP contribution < -0.4 is 15.0 Å². The van der Waals surface area contributed by atoms with Gasteiger partial charge in [-0.3, -0.25) is 4.79 Å². The molecular weight excluding hydrogens is 386 g/mol. The number of carbonyl (C=O) groups is 1. The lowest BCUT2D eigenvalue weighted by Crippen LogP contribution is -2.29. The first-order valence-corrected chi connectivity index (χ1v) is 10.0. The lowest BCUT2D eigenvalue weighted by atomic mass is 10.1. The molecular formula is C26H25N3O2. The van der Waals surface area contributed by atoms with E-state index in [2.05, 4.69) is 11.4 Å². The number of anilines is 1. The number of benzene rings is 3. The Labute approximate surface area is 183 Å². The molecule has 0 aliphatic heterocycles. The minimum atomic E-state index is -0.417. The highest BCUT2D eigenvalue weighted by molar-refractivity contribution is 5.97. The van der Waals surface area contributed by atoms with Gasteiger partial charge in [-0.25, -0.2) is 0 Å². The zero-order valence-electron chi connectivity index (χ0n) is 17.7. The van der Waals surface area contributed by atoms with E-state index in [1.807, 2.05) is 96.8 Å². The lowest BCUT2D eigenvalue weighted by Gasteiger charge is -2.22. The number of hydrogen-bond acceptors (Lipinski definition) is 4. The van der Waals surface area contributed by atoms with Gasteiger partial charge in [0.2, 0.25) is 0 Å². The molecule has 1 N–H and O–H groups in total. The molecule has 31 heavy (non-hydrogen) atoms. The summed E-state index contributed by atoms with van der Waals surface area (Å²) in [5.41, 5.74) is 2.94. The zero-order valence-corrected chi connectivity index (χ0v) is 17.7. The van der Waals surface area contributed by atoms with Crippen LogP contribution in [0.1, 0.15) is 24.1 Å². The van der Waals surface area contributed by atoms with E-state index in [9.17, 15) is 10.1 Å². The summed E-state index contributed by atoms with van der Waals surface area (Å²) in [5, 5.41) is 12.6. The van der Waals surface area contributed by atoms with Crippen LogP contribution in [0.4, 0.5) is 5.69 Å². The van der Waals surface area contributed by atoms with E-state index in [1.165, 1.54) is 0 Å². The summed E-state index contributed by atoms with van der Waals surface area (Å²) in [6.45, 7) is 2.42. The van der Waals surface area contributed by atoms with Crippen LogP contribution in [0.25, 0.3) is 0 Å². The fourth-order valence-corrected chi connectivity index (χ4v) is 3.16. The summed E-state index contributed by atoms with van der Waals surface area (Å²) in [6, 6.07) is 28.9. The Bertz CT molecular complexity index is 1060. The van der Waals surface area contributed by atoms with E-state index >= 15 is 0 Å². The van der Waals surface area contributed by atoms with E-state index in [1.54, 1.807) is 13.3 Å². The normalized spacial score (nSPS) is 11.8. The summed E-state index contributed by atoms with van der Waals surface area (Å²) in [5.74, 6) is 0.333. The van der Waals surface area contributed by atoms with E-state index in [4.69, 9.17) is 4.74 Å². The molecule has 0 saturated heterocycles. The highest BCUT2D eigenvalue weighted by Crippen LogP contribution is 2.20. The van der Waals surface area contributed by atoms with E-state index < -0.39 is 5.91 Å². The molecule has 0 spiro atoms. The van der Waals surface area contributed by atoms with Gasteiger partial charge in [-0.1, -0.05) is 60.7 Å². The monoisotopic (exact) mass is 411 g/mol. The van der Waals surface area contributed by atoms with Crippen molar-refractivity contribution in [3.8, 4) is 11.8 Å². The van der Waals surface area contributed by atoms with Crippen LogP contribution in [0.15, 0.2) is 96.7 Å². The van der Waals surface area contributed by atoms with Crippen LogP contribution in [0, 0.1) is 11.3 Å². The lowest BCUT2D eigenvalue weighted by molar-refractivity contribution is -0.117. The third kappa shape index (κ3) is 5.97. The van der Waals surface area contributed by atoms with E-state index in [0.29, 0.717) is 6.54 Å². The molecule has 3 aromatic rings. The van der Waals surface area contributed by atoms with Crippen molar-refractivity contribution < 1.29 is 9.53 Å². The average molecular weight is 412 g/mol. The third-order valence-corrected chi connectivity index (χ3v) is 4.90. The highest BCUT2D eigenvalue weighted by Gasteiger charge is 2.16. The Balaban J connectivity index is 1.81. The molecule has 0 bridgehead atoms. The minimum absolute atomic E-state index is 0.0418. The molecule has 0 fully saturated rings. The standard InChI is InChI=1S/C26H25N3O2/c1-20(22-13-15-25(31-2)16-14-22)28-26(30)23(17-27)19-29(24-11-7-4-8-12-24)18-21-9-5-3-6-10-21/h3-16,19-20H,18H2,1-2H3,(H,28,30)/b23-19-. The van der Waals surface area contributed by atoms with Gasteiger partial charge >= 0.3 is 0 Å². The number of rotatable bonds is 8. The second kappa shape index (κ2) is 10.7. The third-order valence-electron chi connectivity index (χ3n) is 4.90. The minimum Gasteiger partial charge on any atom is -0.497 e.